The molecule has 0 spiro atoms. The van der Waals surface area contributed by atoms with Gasteiger partial charge in [-0.2, -0.15) is 0 Å². The van der Waals surface area contributed by atoms with E-state index in [2.05, 4.69) is 46.9 Å². The first-order valence-electron chi connectivity index (χ1n) is 4.93. The van der Waals surface area contributed by atoms with Crippen molar-refractivity contribution in [2.75, 3.05) is 0 Å². The average Bonchev–Trinajstić information content (AvgIpc) is 2.20. The second-order valence-corrected chi connectivity index (χ2v) is 4.46. The third-order valence-electron chi connectivity index (χ3n) is 2.18. The van der Waals surface area contributed by atoms with Gasteiger partial charge >= 0.3 is 0 Å². The van der Waals surface area contributed by atoms with Crippen molar-refractivity contribution in [2.24, 2.45) is 0 Å². The highest BCUT2D eigenvalue weighted by molar-refractivity contribution is 14.1. The van der Waals surface area contributed by atoms with Crippen LogP contribution < -0.4 is 0 Å². The summed E-state index contributed by atoms with van der Waals surface area (Å²) in [6.07, 6.45) is 6.91. The van der Waals surface area contributed by atoms with E-state index in [-0.39, 0.29) is 0 Å². The Morgan fingerprint density at radius 2 is 1.93 bits per heavy atom. The quantitative estimate of drug-likeness (QED) is 0.580. The van der Waals surface area contributed by atoms with Crippen LogP contribution in [-0.2, 0) is 11.2 Å². The van der Waals surface area contributed by atoms with Crippen LogP contribution >= 0.6 is 22.6 Å². The van der Waals surface area contributed by atoms with Crippen LogP contribution in [0.25, 0.3) is 0 Å². The monoisotopic (exact) mass is 301 g/mol. The largest absolute Gasteiger partial charge is 0.291 e. The molecule has 0 heterocycles. The van der Waals surface area contributed by atoms with Gasteiger partial charge in [-0.1, -0.05) is 24.6 Å². The van der Waals surface area contributed by atoms with E-state index in [1.54, 1.807) is 0 Å². The molecule has 75 valence electrons. The van der Waals surface area contributed by atoms with Gasteiger partial charge in [0.1, 0.15) is 0 Å². The summed E-state index contributed by atoms with van der Waals surface area (Å²) in [5.74, 6) is 0. The van der Waals surface area contributed by atoms with E-state index in [4.69, 9.17) is 0 Å². The lowest BCUT2D eigenvalue weighted by Gasteiger charge is -2.02. The van der Waals surface area contributed by atoms with Gasteiger partial charge in [0.25, 0.3) is 0 Å². The van der Waals surface area contributed by atoms with Gasteiger partial charge in [-0.05, 0) is 53.5 Å². The summed E-state index contributed by atoms with van der Waals surface area (Å²) >= 11 is 2.37. The Labute approximate surface area is 99.0 Å². The number of unbranched alkanes of at least 4 members (excludes halogenated alkanes) is 3. The molecular weight excluding hydrogens is 287 g/mol. The van der Waals surface area contributed by atoms with E-state index >= 15 is 0 Å². The van der Waals surface area contributed by atoms with Crippen molar-refractivity contribution in [2.45, 2.75) is 32.1 Å². The van der Waals surface area contributed by atoms with E-state index in [1.165, 1.54) is 15.6 Å². The minimum absolute atomic E-state index is 0.589. The van der Waals surface area contributed by atoms with Crippen LogP contribution in [0.5, 0.6) is 0 Å². The molecule has 1 radical (unpaired) electrons. The second kappa shape index (κ2) is 6.98. The molecule has 0 aliphatic heterocycles. The highest BCUT2D eigenvalue weighted by Gasteiger charge is 1.97. The maximum absolute atomic E-state index is 9.97. The number of hydrogen-bond acceptors (Lipinski definition) is 1. The van der Waals surface area contributed by atoms with E-state index in [0.717, 1.165) is 19.3 Å². The third kappa shape index (κ3) is 4.22. The Balaban J connectivity index is 2.24. The molecule has 1 nitrogen and oxygen atoms in total. The molecule has 1 rings (SSSR count). The number of hydrogen-bond donors (Lipinski definition) is 0. The zero-order valence-electron chi connectivity index (χ0n) is 8.13. The molecule has 0 saturated carbocycles. The van der Waals surface area contributed by atoms with Gasteiger partial charge < -0.3 is 0 Å². The first-order chi connectivity index (χ1) is 6.84. The molecule has 0 aromatic heterocycles. The molecule has 1 aromatic carbocycles. The Morgan fingerprint density at radius 1 is 1.14 bits per heavy atom. The number of carbonyl (C=O) groups excluding carboxylic acids is 1. The maximum atomic E-state index is 9.97. The topological polar surface area (TPSA) is 17.1 Å². The van der Waals surface area contributed by atoms with Crippen LogP contribution in [0.1, 0.15) is 31.2 Å². The fourth-order valence-electron chi connectivity index (χ4n) is 1.39. The smallest absolute Gasteiger partial charge is 0.198 e. The zero-order valence-corrected chi connectivity index (χ0v) is 10.3. The van der Waals surface area contributed by atoms with Crippen LogP contribution in [0.3, 0.4) is 0 Å². The van der Waals surface area contributed by atoms with Crippen LogP contribution in [0.15, 0.2) is 24.3 Å². The first-order valence-corrected chi connectivity index (χ1v) is 6.01. The maximum Gasteiger partial charge on any atom is 0.198 e. The summed E-state index contributed by atoms with van der Waals surface area (Å²) in [5, 5.41) is 0. The van der Waals surface area contributed by atoms with Gasteiger partial charge in [-0.25, -0.2) is 0 Å². The van der Waals surface area contributed by atoms with Crippen molar-refractivity contribution in [3.05, 3.63) is 33.4 Å². The Hall–Kier alpha value is -0.380. The normalized spacial score (nSPS) is 10.1. The fraction of sp³-hybridized carbons (Fsp3) is 0.417. The minimum Gasteiger partial charge on any atom is -0.291 e. The van der Waals surface area contributed by atoms with E-state index < -0.39 is 0 Å². The third-order valence-corrected chi connectivity index (χ3v) is 3.24. The molecule has 0 N–H and O–H groups in total. The predicted molar refractivity (Wildman–Crippen MR) is 67.0 cm³/mol. The van der Waals surface area contributed by atoms with Gasteiger partial charge in [0.2, 0.25) is 0 Å². The van der Waals surface area contributed by atoms with Gasteiger partial charge in [0.15, 0.2) is 6.29 Å². The van der Waals surface area contributed by atoms with Gasteiger partial charge in [-0.3, -0.25) is 4.79 Å². The lowest BCUT2D eigenvalue weighted by Crippen LogP contribution is -1.89. The van der Waals surface area contributed by atoms with E-state index in [1.807, 2.05) is 6.29 Å². The van der Waals surface area contributed by atoms with E-state index in [9.17, 15) is 4.79 Å². The summed E-state index contributed by atoms with van der Waals surface area (Å²) in [6, 6.07) is 8.45. The van der Waals surface area contributed by atoms with Crippen LogP contribution in [0, 0.1) is 3.57 Å². The van der Waals surface area contributed by atoms with Gasteiger partial charge in [-0.15, -0.1) is 0 Å². The molecule has 0 bridgehead atoms. The lowest BCUT2D eigenvalue weighted by atomic mass is 10.1. The van der Waals surface area contributed by atoms with Crippen molar-refractivity contribution in [3.8, 4) is 0 Å². The minimum atomic E-state index is 0.589. The Morgan fingerprint density at radius 3 is 2.64 bits per heavy atom. The highest BCUT2D eigenvalue weighted by Crippen LogP contribution is 2.14. The van der Waals surface area contributed by atoms with Crippen LogP contribution in [0.4, 0.5) is 0 Å². The van der Waals surface area contributed by atoms with Crippen molar-refractivity contribution in [3.63, 3.8) is 0 Å². The molecule has 2 heteroatoms. The standard InChI is InChI=1S/C12H14IO/c13-12-9-5-4-8-11(12)7-3-1-2-6-10-14/h4-5,8-9H,1-3,6-7H2. The van der Waals surface area contributed by atoms with Crippen LogP contribution in [0.2, 0.25) is 0 Å². The van der Waals surface area contributed by atoms with Crippen molar-refractivity contribution in [1.29, 1.82) is 0 Å². The van der Waals surface area contributed by atoms with Crippen LogP contribution in [-0.4, -0.2) is 6.29 Å². The average molecular weight is 301 g/mol. The molecular formula is C12H14IO. The summed E-state index contributed by atoms with van der Waals surface area (Å²) in [5.41, 5.74) is 1.42. The fourth-order valence-corrected chi connectivity index (χ4v) is 2.05. The molecule has 14 heavy (non-hydrogen) atoms. The van der Waals surface area contributed by atoms with Gasteiger partial charge in [0.05, 0.1) is 0 Å². The summed E-state index contributed by atoms with van der Waals surface area (Å²) < 4.78 is 1.34. The molecule has 0 amide bonds. The Bertz CT molecular complexity index is 283. The molecule has 0 fully saturated rings. The second-order valence-electron chi connectivity index (χ2n) is 3.30. The number of aryl methyl sites for hydroxylation is 1. The number of halogens is 1. The molecule has 0 aliphatic rings. The van der Waals surface area contributed by atoms with Crippen molar-refractivity contribution >= 4 is 28.9 Å². The van der Waals surface area contributed by atoms with E-state index in [0.29, 0.717) is 6.42 Å². The van der Waals surface area contributed by atoms with Gasteiger partial charge in [0, 0.05) is 9.99 Å². The predicted octanol–water partition coefficient (Wildman–Crippen LogP) is 3.50. The molecule has 0 unspecified atom stereocenters. The summed E-state index contributed by atoms with van der Waals surface area (Å²) in [7, 11) is 0. The number of rotatable bonds is 6. The molecule has 0 atom stereocenters. The SMILES string of the molecule is O=[C]CCCCCc1ccccc1I. The number of benzene rings is 1. The molecule has 1 aromatic rings. The Kier molecular flexibility index (Phi) is 5.83. The molecule has 0 aliphatic carbocycles. The van der Waals surface area contributed by atoms with Crippen molar-refractivity contribution < 1.29 is 4.79 Å². The lowest BCUT2D eigenvalue weighted by molar-refractivity contribution is 0.545. The molecule has 0 saturated heterocycles. The summed E-state index contributed by atoms with van der Waals surface area (Å²) in [6.45, 7) is 0. The van der Waals surface area contributed by atoms with Crippen molar-refractivity contribution in [1.82, 2.24) is 0 Å². The highest BCUT2D eigenvalue weighted by atomic mass is 127. The summed E-state index contributed by atoms with van der Waals surface area (Å²) in [4.78, 5) is 9.97. The first kappa shape index (κ1) is 11.7. The zero-order chi connectivity index (χ0) is 10.2.